The van der Waals surface area contributed by atoms with Crippen molar-refractivity contribution in [3.05, 3.63) is 34.1 Å². The van der Waals surface area contributed by atoms with Crippen molar-refractivity contribution in [3.63, 3.8) is 0 Å². The minimum absolute atomic E-state index is 0.272. The zero-order chi connectivity index (χ0) is 9.35. The number of halogens is 2. The van der Waals surface area contributed by atoms with Crippen molar-refractivity contribution in [1.82, 2.24) is 0 Å². The fourth-order valence-corrected chi connectivity index (χ4v) is 1.14. The standard InChI is InChI=1S/C9H11BrFN/c1-9(2,12)6-3-4-7(10)8(11)5-6/h3-5H,12H2,1-2H3. The minimum atomic E-state index is -0.485. The first-order valence-corrected chi connectivity index (χ1v) is 4.45. The fourth-order valence-electron chi connectivity index (χ4n) is 0.897. The van der Waals surface area contributed by atoms with E-state index in [1.165, 1.54) is 6.07 Å². The second-order valence-corrected chi connectivity index (χ2v) is 4.20. The van der Waals surface area contributed by atoms with E-state index in [9.17, 15) is 4.39 Å². The number of rotatable bonds is 1. The van der Waals surface area contributed by atoms with E-state index >= 15 is 0 Å². The molecule has 0 unspecified atom stereocenters. The average Bonchev–Trinajstić information content (AvgIpc) is 1.92. The van der Waals surface area contributed by atoms with Crippen molar-refractivity contribution < 1.29 is 4.39 Å². The van der Waals surface area contributed by atoms with Crippen LogP contribution in [0.15, 0.2) is 22.7 Å². The molecule has 2 N–H and O–H groups in total. The van der Waals surface area contributed by atoms with Crippen LogP contribution < -0.4 is 5.73 Å². The van der Waals surface area contributed by atoms with Crippen molar-refractivity contribution in [2.24, 2.45) is 5.73 Å². The van der Waals surface area contributed by atoms with Gasteiger partial charge in [0.25, 0.3) is 0 Å². The molecule has 0 saturated carbocycles. The van der Waals surface area contributed by atoms with Crippen LogP contribution in [-0.2, 0) is 5.54 Å². The monoisotopic (exact) mass is 231 g/mol. The van der Waals surface area contributed by atoms with Crippen LogP contribution in [0.5, 0.6) is 0 Å². The van der Waals surface area contributed by atoms with Gasteiger partial charge in [-0.2, -0.15) is 0 Å². The van der Waals surface area contributed by atoms with Gasteiger partial charge in [-0.15, -0.1) is 0 Å². The largest absolute Gasteiger partial charge is 0.322 e. The molecule has 1 rings (SSSR count). The maximum absolute atomic E-state index is 13.0. The zero-order valence-electron chi connectivity index (χ0n) is 7.07. The van der Waals surface area contributed by atoms with E-state index in [0.717, 1.165) is 5.56 Å². The van der Waals surface area contributed by atoms with Crippen molar-refractivity contribution in [2.45, 2.75) is 19.4 Å². The molecule has 0 radical (unpaired) electrons. The first kappa shape index (κ1) is 9.68. The van der Waals surface area contributed by atoms with Crippen LogP contribution in [0.2, 0.25) is 0 Å². The quantitative estimate of drug-likeness (QED) is 0.791. The second kappa shape index (κ2) is 3.15. The molecule has 0 aliphatic carbocycles. The predicted molar refractivity (Wildman–Crippen MR) is 51.3 cm³/mol. The van der Waals surface area contributed by atoms with Gasteiger partial charge in [-0.1, -0.05) is 6.07 Å². The highest BCUT2D eigenvalue weighted by Gasteiger charge is 2.15. The number of benzene rings is 1. The molecule has 1 nitrogen and oxygen atoms in total. The highest BCUT2D eigenvalue weighted by molar-refractivity contribution is 9.10. The van der Waals surface area contributed by atoms with E-state index in [1.54, 1.807) is 6.07 Å². The van der Waals surface area contributed by atoms with E-state index in [-0.39, 0.29) is 5.82 Å². The van der Waals surface area contributed by atoms with E-state index in [1.807, 2.05) is 19.9 Å². The summed E-state index contributed by atoms with van der Waals surface area (Å²) in [5.74, 6) is -0.272. The molecule has 12 heavy (non-hydrogen) atoms. The summed E-state index contributed by atoms with van der Waals surface area (Å²) in [7, 11) is 0. The van der Waals surface area contributed by atoms with E-state index < -0.39 is 5.54 Å². The Morgan fingerprint density at radius 1 is 1.42 bits per heavy atom. The SMILES string of the molecule is CC(C)(N)c1ccc(Br)c(F)c1. The maximum Gasteiger partial charge on any atom is 0.137 e. The van der Waals surface area contributed by atoms with Gasteiger partial charge in [0.15, 0.2) is 0 Å². The summed E-state index contributed by atoms with van der Waals surface area (Å²) >= 11 is 3.08. The number of hydrogen-bond donors (Lipinski definition) is 1. The first-order chi connectivity index (χ1) is 5.41. The van der Waals surface area contributed by atoms with Gasteiger partial charge < -0.3 is 5.73 Å². The lowest BCUT2D eigenvalue weighted by atomic mass is 9.96. The minimum Gasteiger partial charge on any atom is -0.322 e. The van der Waals surface area contributed by atoms with Gasteiger partial charge in [0, 0.05) is 5.54 Å². The summed E-state index contributed by atoms with van der Waals surface area (Å²) in [6.45, 7) is 3.69. The van der Waals surface area contributed by atoms with E-state index in [0.29, 0.717) is 4.47 Å². The third kappa shape index (κ3) is 2.05. The molecule has 0 amide bonds. The topological polar surface area (TPSA) is 26.0 Å². The van der Waals surface area contributed by atoms with Gasteiger partial charge >= 0.3 is 0 Å². The molecule has 0 bridgehead atoms. The summed E-state index contributed by atoms with van der Waals surface area (Å²) in [6, 6.07) is 4.93. The molecule has 1 aromatic rings. The van der Waals surface area contributed by atoms with Gasteiger partial charge in [0.05, 0.1) is 4.47 Å². The lowest BCUT2D eigenvalue weighted by Crippen LogP contribution is -2.28. The van der Waals surface area contributed by atoms with E-state index in [2.05, 4.69) is 15.9 Å². The molecule has 1 aromatic carbocycles. The third-order valence-electron chi connectivity index (χ3n) is 1.66. The molecule has 0 aliphatic rings. The molecule has 0 aromatic heterocycles. The summed E-state index contributed by atoms with van der Waals surface area (Å²) in [5.41, 5.74) is 6.10. The molecule has 0 aliphatic heterocycles. The van der Waals surface area contributed by atoms with Gasteiger partial charge in [-0.3, -0.25) is 0 Å². The normalized spacial score (nSPS) is 11.8. The number of hydrogen-bond acceptors (Lipinski definition) is 1. The lowest BCUT2D eigenvalue weighted by Gasteiger charge is -2.19. The maximum atomic E-state index is 13.0. The number of nitrogens with two attached hydrogens (primary N) is 1. The van der Waals surface area contributed by atoms with E-state index in [4.69, 9.17) is 5.73 Å². The summed E-state index contributed by atoms with van der Waals surface area (Å²) in [5, 5.41) is 0. The second-order valence-electron chi connectivity index (χ2n) is 3.35. The van der Waals surface area contributed by atoms with Crippen LogP contribution in [0, 0.1) is 5.82 Å². The molecule has 3 heteroatoms. The molecule has 0 heterocycles. The van der Waals surface area contributed by atoms with Crippen molar-refractivity contribution >= 4 is 15.9 Å². The molecule has 0 saturated heterocycles. The Morgan fingerprint density at radius 3 is 2.42 bits per heavy atom. The van der Waals surface area contributed by atoms with Crippen LogP contribution in [-0.4, -0.2) is 0 Å². The Hall–Kier alpha value is -0.410. The van der Waals surface area contributed by atoms with Crippen LogP contribution in [0.3, 0.4) is 0 Å². The summed E-state index contributed by atoms with van der Waals surface area (Å²) in [6.07, 6.45) is 0. The van der Waals surface area contributed by atoms with Crippen molar-refractivity contribution in [2.75, 3.05) is 0 Å². The molecule has 66 valence electrons. The van der Waals surface area contributed by atoms with Crippen LogP contribution >= 0.6 is 15.9 Å². The summed E-state index contributed by atoms with van der Waals surface area (Å²) < 4.78 is 13.5. The molecule has 0 fully saturated rings. The zero-order valence-corrected chi connectivity index (χ0v) is 8.65. The Kier molecular flexibility index (Phi) is 2.54. The molecular formula is C9H11BrFN. The lowest BCUT2D eigenvalue weighted by molar-refractivity contribution is 0.542. The Bertz CT molecular complexity index is 291. The highest BCUT2D eigenvalue weighted by atomic mass is 79.9. The van der Waals surface area contributed by atoms with Gasteiger partial charge in [0.2, 0.25) is 0 Å². The third-order valence-corrected chi connectivity index (χ3v) is 2.31. The van der Waals surface area contributed by atoms with Gasteiger partial charge in [0.1, 0.15) is 5.82 Å². The highest BCUT2D eigenvalue weighted by Crippen LogP contribution is 2.22. The smallest absolute Gasteiger partial charge is 0.137 e. The molecule has 0 atom stereocenters. The molecular weight excluding hydrogens is 221 g/mol. The summed E-state index contributed by atoms with van der Waals surface area (Å²) in [4.78, 5) is 0. The van der Waals surface area contributed by atoms with Crippen LogP contribution in [0.25, 0.3) is 0 Å². The predicted octanol–water partition coefficient (Wildman–Crippen LogP) is 2.78. The van der Waals surface area contributed by atoms with Gasteiger partial charge in [-0.25, -0.2) is 4.39 Å². The Morgan fingerprint density at radius 2 is 2.00 bits per heavy atom. The van der Waals surface area contributed by atoms with Gasteiger partial charge in [-0.05, 0) is 47.5 Å². The Labute approximate surface area is 79.9 Å². The first-order valence-electron chi connectivity index (χ1n) is 3.65. The van der Waals surface area contributed by atoms with Crippen LogP contribution in [0.1, 0.15) is 19.4 Å². The average molecular weight is 232 g/mol. The molecule has 0 spiro atoms. The van der Waals surface area contributed by atoms with Crippen molar-refractivity contribution in [3.8, 4) is 0 Å². The van der Waals surface area contributed by atoms with Crippen LogP contribution in [0.4, 0.5) is 4.39 Å². The van der Waals surface area contributed by atoms with Crippen molar-refractivity contribution in [1.29, 1.82) is 0 Å². The fraction of sp³-hybridized carbons (Fsp3) is 0.333. The Balaban J connectivity index is 3.14.